The zero-order valence-corrected chi connectivity index (χ0v) is 12.1. The number of hydrogen-bond donors (Lipinski definition) is 3. The molecule has 1 atom stereocenters. The van der Waals surface area contributed by atoms with Crippen LogP contribution in [0.2, 0.25) is 0 Å². The Morgan fingerprint density at radius 2 is 2.29 bits per heavy atom. The van der Waals surface area contributed by atoms with E-state index in [1.807, 2.05) is 19.1 Å². The highest BCUT2D eigenvalue weighted by molar-refractivity contribution is 5.49. The van der Waals surface area contributed by atoms with Gasteiger partial charge in [-0.15, -0.1) is 0 Å². The Morgan fingerprint density at radius 3 is 3.10 bits per heavy atom. The van der Waals surface area contributed by atoms with E-state index in [-0.39, 0.29) is 11.6 Å². The van der Waals surface area contributed by atoms with Gasteiger partial charge in [-0.3, -0.25) is 4.79 Å². The minimum atomic E-state index is -0.113. The van der Waals surface area contributed by atoms with Gasteiger partial charge in [0, 0.05) is 18.2 Å². The SMILES string of the molecule is CCc1nc(NC2CCCc3cc(N)ccc32)cc(=O)[nH]1. The van der Waals surface area contributed by atoms with Crippen molar-refractivity contribution < 1.29 is 0 Å². The summed E-state index contributed by atoms with van der Waals surface area (Å²) in [7, 11) is 0. The van der Waals surface area contributed by atoms with Crippen molar-refractivity contribution >= 4 is 11.5 Å². The Morgan fingerprint density at radius 1 is 1.43 bits per heavy atom. The summed E-state index contributed by atoms with van der Waals surface area (Å²) in [4.78, 5) is 18.8. The molecular formula is C16H20N4O. The number of nitrogens with zero attached hydrogens (tertiary/aromatic N) is 1. The molecule has 1 aliphatic rings. The van der Waals surface area contributed by atoms with Gasteiger partial charge >= 0.3 is 0 Å². The zero-order chi connectivity index (χ0) is 14.8. The standard InChI is InChI=1S/C16H20N4O/c1-2-14-19-15(9-16(21)20-14)18-13-5-3-4-10-8-11(17)6-7-12(10)13/h6-9,13H,2-5,17H2,1H3,(H2,18,19,20,21). The summed E-state index contributed by atoms with van der Waals surface area (Å²) in [6.07, 6.45) is 3.91. The maximum atomic E-state index is 11.6. The van der Waals surface area contributed by atoms with Crippen LogP contribution in [0, 0.1) is 0 Å². The quantitative estimate of drug-likeness (QED) is 0.756. The highest BCUT2D eigenvalue weighted by atomic mass is 16.1. The van der Waals surface area contributed by atoms with Gasteiger partial charge in [0.1, 0.15) is 11.6 Å². The van der Waals surface area contributed by atoms with Gasteiger partial charge in [-0.2, -0.15) is 0 Å². The average Bonchev–Trinajstić information content (AvgIpc) is 2.46. The summed E-state index contributed by atoms with van der Waals surface area (Å²) in [5, 5.41) is 3.40. The molecule has 4 N–H and O–H groups in total. The topological polar surface area (TPSA) is 83.8 Å². The number of nitrogens with two attached hydrogens (primary N) is 1. The van der Waals surface area contributed by atoms with Crippen LogP contribution in [0.25, 0.3) is 0 Å². The van der Waals surface area contributed by atoms with E-state index in [2.05, 4.69) is 21.4 Å². The monoisotopic (exact) mass is 284 g/mol. The van der Waals surface area contributed by atoms with E-state index in [1.165, 1.54) is 17.2 Å². The second-order valence-corrected chi connectivity index (χ2v) is 5.48. The Balaban J connectivity index is 1.90. The molecule has 0 aliphatic heterocycles. The minimum Gasteiger partial charge on any atom is -0.399 e. The number of aromatic amines is 1. The summed E-state index contributed by atoms with van der Waals surface area (Å²) in [5.41, 5.74) is 9.10. The largest absolute Gasteiger partial charge is 0.399 e. The van der Waals surface area contributed by atoms with Crippen LogP contribution < -0.4 is 16.6 Å². The first-order chi connectivity index (χ1) is 10.2. The fourth-order valence-corrected chi connectivity index (χ4v) is 2.91. The molecule has 0 spiro atoms. The average molecular weight is 284 g/mol. The predicted octanol–water partition coefficient (Wildman–Crippen LogP) is 2.40. The van der Waals surface area contributed by atoms with Crippen LogP contribution >= 0.6 is 0 Å². The molecule has 110 valence electrons. The number of benzene rings is 1. The third kappa shape index (κ3) is 2.91. The smallest absolute Gasteiger partial charge is 0.252 e. The first-order valence-electron chi connectivity index (χ1n) is 7.41. The molecule has 0 bridgehead atoms. The van der Waals surface area contributed by atoms with Crippen molar-refractivity contribution in [3.63, 3.8) is 0 Å². The van der Waals surface area contributed by atoms with Crippen molar-refractivity contribution in [3.05, 3.63) is 51.6 Å². The molecule has 1 unspecified atom stereocenters. The molecule has 1 heterocycles. The van der Waals surface area contributed by atoms with Crippen LogP contribution in [0.15, 0.2) is 29.1 Å². The summed E-state index contributed by atoms with van der Waals surface area (Å²) < 4.78 is 0. The molecule has 5 heteroatoms. The maximum absolute atomic E-state index is 11.6. The number of hydrogen-bond acceptors (Lipinski definition) is 4. The molecule has 0 saturated heterocycles. The lowest BCUT2D eigenvalue weighted by Crippen LogP contribution is -2.20. The summed E-state index contributed by atoms with van der Waals surface area (Å²) in [6, 6.07) is 7.77. The number of anilines is 2. The number of nitrogen functional groups attached to an aromatic ring is 1. The van der Waals surface area contributed by atoms with Crippen molar-refractivity contribution in [3.8, 4) is 0 Å². The van der Waals surface area contributed by atoms with Crippen LogP contribution in [0.4, 0.5) is 11.5 Å². The predicted molar refractivity (Wildman–Crippen MR) is 84.4 cm³/mol. The molecule has 0 fully saturated rings. The third-order valence-corrected chi connectivity index (χ3v) is 3.93. The molecule has 0 amide bonds. The summed E-state index contributed by atoms with van der Waals surface area (Å²) in [5.74, 6) is 1.35. The lowest BCUT2D eigenvalue weighted by molar-refractivity contribution is 0.598. The second-order valence-electron chi connectivity index (χ2n) is 5.48. The molecule has 0 saturated carbocycles. The third-order valence-electron chi connectivity index (χ3n) is 3.93. The van der Waals surface area contributed by atoms with Crippen LogP contribution in [-0.2, 0) is 12.8 Å². The Hall–Kier alpha value is -2.30. The molecule has 1 aliphatic carbocycles. The van der Waals surface area contributed by atoms with E-state index < -0.39 is 0 Å². The number of aromatic nitrogens is 2. The van der Waals surface area contributed by atoms with E-state index in [1.54, 1.807) is 0 Å². The maximum Gasteiger partial charge on any atom is 0.252 e. The van der Waals surface area contributed by atoms with Crippen molar-refractivity contribution in [2.75, 3.05) is 11.1 Å². The number of aryl methyl sites for hydroxylation is 2. The Bertz CT molecular complexity index is 708. The van der Waals surface area contributed by atoms with Crippen molar-refractivity contribution in [2.45, 2.75) is 38.6 Å². The number of fused-ring (bicyclic) bond motifs is 1. The Labute approximate surface area is 123 Å². The van der Waals surface area contributed by atoms with Gasteiger partial charge in [0.2, 0.25) is 0 Å². The van der Waals surface area contributed by atoms with Gasteiger partial charge in [-0.25, -0.2) is 4.98 Å². The zero-order valence-electron chi connectivity index (χ0n) is 12.1. The summed E-state index contributed by atoms with van der Waals surface area (Å²) >= 11 is 0. The molecule has 5 nitrogen and oxygen atoms in total. The van der Waals surface area contributed by atoms with Gasteiger partial charge in [0.15, 0.2) is 0 Å². The van der Waals surface area contributed by atoms with Crippen LogP contribution in [0.5, 0.6) is 0 Å². The molecule has 1 aromatic carbocycles. The normalized spacial score (nSPS) is 17.3. The van der Waals surface area contributed by atoms with E-state index in [0.29, 0.717) is 18.1 Å². The molecular weight excluding hydrogens is 264 g/mol. The van der Waals surface area contributed by atoms with Gasteiger partial charge in [0.25, 0.3) is 5.56 Å². The van der Waals surface area contributed by atoms with Gasteiger partial charge in [-0.05, 0) is 42.5 Å². The molecule has 3 rings (SSSR count). The van der Waals surface area contributed by atoms with E-state index in [9.17, 15) is 4.79 Å². The van der Waals surface area contributed by atoms with Crippen molar-refractivity contribution in [1.82, 2.24) is 9.97 Å². The minimum absolute atomic E-state index is 0.113. The lowest BCUT2D eigenvalue weighted by Gasteiger charge is -2.27. The number of nitrogens with one attached hydrogen (secondary N) is 2. The van der Waals surface area contributed by atoms with E-state index >= 15 is 0 Å². The first-order valence-corrected chi connectivity index (χ1v) is 7.41. The molecule has 1 aromatic heterocycles. The number of H-pyrrole nitrogens is 1. The van der Waals surface area contributed by atoms with Crippen LogP contribution in [-0.4, -0.2) is 9.97 Å². The van der Waals surface area contributed by atoms with Gasteiger partial charge in [-0.1, -0.05) is 13.0 Å². The lowest BCUT2D eigenvalue weighted by atomic mass is 9.87. The molecule has 2 aromatic rings. The van der Waals surface area contributed by atoms with E-state index in [0.717, 1.165) is 24.9 Å². The second kappa shape index (κ2) is 5.60. The molecule has 0 radical (unpaired) electrons. The van der Waals surface area contributed by atoms with Gasteiger partial charge < -0.3 is 16.0 Å². The fraction of sp³-hybridized carbons (Fsp3) is 0.375. The van der Waals surface area contributed by atoms with Gasteiger partial charge in [0.05, 0.1) is 6.04 Å². The first kappa shape index (κ1) is 13.7. The van der Waals surface area contributed by atoms with Crippen LogP contribution in [0.1, 0.15) is 42.8 Å². The van der Waals surface area contributed by atoms with Crippen LogP contribution in [0.3, 0.4) is 0 Å². The summed E-state index contributed by atoms with van der Waals surface area (Å²) in [6.45, 7) is 1.97. The van der Waals surface area contributed by atoms with Crippen molar-refractivity contribution in [1.29, 1.82) is 0 Å². The number of rotatable bonds is 3. The highest BCUT2D eigenvalue weighted by Crippen LogP contribution is 2.32. The van der Waals surface area contributed by atoms with Crippen molar-refractivity contribution in [2.24, 2.45) is 0 Å². The van der Waals surface area contributed by atoms with E-state index in [4.69, 9.17) is 5.73 Å². The Kier molecular flexibility index (Phi) is 3.64. The highest BCUT2D eigenvalue weighted by Gasteiger charge is 2.20. The fourth-order valence-electron chi connectivity index (χ4n) is 2.91. The molecule has 21 heavy (non-hydrogen) atoms.